The van der Waals surface area contributed by atoms with Crippen molar-refractivity contribution in [1.29, 1.82) is 0 Å². The number of carboxylic acids is 1. The first kappa shape index (κ1) is 24.8. The van der Waals surface area contributed by atoms with Gasteiger partial charge in [0.05, 0.1) is 11.5 Å². The summed E-state index contributed by atoms with van der Waals surface area (Å²) >= 11 is 0. The first-order chi connectivity index (χ1) is 15.1. The molecule has 0 aromatic heterocycles. The van der Waals surface area contributed by atoms with Crippen molar-refractivity contribution in [3.8, 4) is 5.75 Å². The lowest BCUT2D eigenvalue weighted by Crippen LogP contribution is -2.42. The third-order valence-electron chi connectivity index (χ3n) is 4.40. The van der Waals surface area contributed by atoms with Crippen LogP contribution in [0.5, 0.6) is 5.75 Å². The van der Waals surface area contributed by atoms with Crippen molar-refractivity contribution in [2.24, 2.45) is 16.5 Å². The molecule has 0 radical (unpaired) electrons. The third kappa shape index (κ3) is 7.67. The van der Waals surface area contributed by atoms with E-state index in [0.717, 1.165) is 0 Å². The summed E-state index contributed by atoms with van der Waals surface area (Å²) in [6.45, 7) is 1.90. The van der Waals surface area contributed by atoms with E-state index in [0.29, 0.717) is 23.3 Å². The molecule has 0 saturated carbocycles. The number of hydrogen-bond acceptors (Lipinski definition) is 5. The second kappa shape index (κ2) is 11.3. The fraction of sp³-hybridized carbons (Fsp3) is 0.286. The smallest absolute Gasteiger partial charge is 0.322 e. The molecule has 0 heterocycles. The van der Waals surface area contributed by atoms with Gasteiger partial charge in [0.1, 0.15) is 11.8 Å². The Bertz CT molecular complexity index is 1080. The number of carboxylic acid groups (broad SMARTS) is 1. The van der Waals surface area contributed by atoms with Crippen molar-refractivity contribution in [2.45, 2.75) is 37.1 Å². The summed E-state index contributed by atoms with van der Waals surface area (Å²) in [5.74, 6) is -1.48. The molecule has 1 amide bonds. The minimum atomic E-state index is -4.00. The third-order valence-corrected chi connectivity index (χ3v) is 6.03. The van der Waals surface area contributed by atoms with Gasteiger partial charge in [-0.25, -0.2) is 8.42 Å². The number of amides is 1. The van der Waals surface area contributed by atoms with E-state index in [2.05, 4.69) is 9.71 Å². The second-order valence-corrected chi connectivity index (χ2v) is 8.69. The Kier molecular flexibility index (Phi) is 8.73. The molecular weight excluding hydrogens is 436 g/mol. The number of nitrogens with one attached hydrogen (secondary N) is 1. The molecule has 0 fully saturated rings. The zero-order valence-corrected chi connectivity index (χ0v) is 18.3. The van der Waals surface area contributed by atoms with Crippen LogP contribution in [0.15, 0.2) is 58.4 Å². The zero-order valence-electron chi connectivity index (χ0n) is 17.5. The molecule has 0 aliphatic carbocycles. The standard InChI is InChI=1S/C21H26N4O6S/c1-14-5-2-3-6-18(14)32(29,30)25-17(20(27)28)13-15-8-10-16(11-9-15)31-12-4-7-19(26)24-21(22)23/h2-3,5-6,8-11,17,25H,4,7,12-13H2,1H3,(H,27,28)(H4,22,23,24,26)/t17-/m0/s1. The maximum atomic E-state index is 12.6. The van der Waals surface area contributed by atoms with E-state index in [-0.39, 0.29) is 30.3 Å². The fourth-order valence-corrected chi connectivity index (χ4v) is 4.29. The van der Waals surface area contributed by atoms with Gasteiger partial charge in [0.15, 0.2) is 5.96 Å². The summed E-state index contributed by atoms with van der Waals surface area (Å²) in [6.07, 6.45) is 0.504. The predicted octanol–water partition coefficient (Wildman–Crippen LogP) is 0.928. The molecule has 10 nitrogen and oxygen atoms in total. The zero-order chi connectivity index (χ0) is 23.7. The normalized spacial score (nSPS) is 12.0. The number of benzene rings is 2. The summed E-state index contributed by atoms with van der Waals surface area (Å²) in [5.41, 5.74) is 11.4. The van der Waals surface area contributed by atoms with Crippen LogP contribution in [0.1, 0.15) is 24.0 Å². The van der Waals surface area contributed by atoms with Crippen LogP contribution >= 0.6 is 0 Å². The molecule has 2 rings (SSSR count). The van der Waals surface area contributed by atoms with Crippen molar-refractivity contribution in [3.05, 3.63) is 59.7 Å². The number of ether oxygens (including phenoxy) is 1. The van der Waals surface area contributed by atoms with Crippen LogP contribution in [0.3, 0.4) is 0 Å². The Hall–Kier alpha value is -3.44. The average molecular weight is 463 g/mol. The predicted molar refractivity (Wildman–Crippen MR) is 119 cm³/mol. The van der Waals surface area contributed by atoms with E-state index >= 15 is 0 Å². The Balaban J connectivity index is 1.95. The number of hydrogen-bond donors (Lipinski definition) is 4. The summed E-state index contributed by atoms with van der Waals surface area (Å²) in [5, 5.41) is 9.51. The van der Waals surface area contributed by atoms with Gasteiger partial charge in [0.2, 0.25) is 15.9 Å². The number of nitrogens with zero attached hydrogens (tertiary/aromatic N) is 1. The minimum Gasteiger partial charge on any atom is -0.494 e. The highest BCUT2D eigenvalue weighted by Gasteiger charge is 2.26. The Labute approximate surface area is 186 Å². The van der Waals surface area contributed by atoms with Gasteiger partial charge in [-0.15, -0.1) is 0 Å². The highest BCUT2D eigenvalue weighted by atomic mass is 32.2. The molecule has 0 aliphatic heterocycles. The van der Waals surface area contributed by atoms with E-state index in [1.807, 2.05) is 0 Å². The minimum absolute atomic E-state index is 0.0355. The molecular formula is C21H26N4O6S. The molecule has 11 heteroatoms. The van der Waals surface area contributed by atoms with E-state index in [4.69, 9.17) is 16.2 Å². The van der Waals surface area contributed by atoms with Crippen LogP contribution in [0.2, 0.25) is 0 Å². The van der Waals surface area contributed by atoms with Gasteiger partial charge in [-0.2, -0.15) is 9.71 Å². The van der Waals surface area contributed by atoms with Crippen LogP contribution in [-0.4, -0.2) is 44.0 Å². The number of carbonyl (C=O) groups excluding carboxylic acids is 1. The number of sulfonamides is 1. The van der Waals surface area contributed by atoms with Crippen molar-refractivity contribution in [3.63, 3.8) is 0 Å². The summed E-state index contributed by atoms with van der Waals surface area (Å²) in [6, 6.07) is 11.6. The van der Waals surface area contributed by atoms with Gasteiger partial charge in [0.25, 0.3) is 0 Å². The lowest BCUT2D eigenvalue weighted by Gasteiger charge is -2.16. The van der Waals surface area contributed by atoms with Crippen molar-refractivity contribution in [2.75, 3.05) is 6.61 Å². The number of aryl methyl sites for hydroxylation is 1. The molecule has 0 saturated heterocycles. The molecule has 2 aromatic rings. The Morgan fingerprint density at radius 3 is 2.38 bits per heavy atom. The number of rotatable bonds is 11. The van der Waals surface area contributed by atoms with Crippen LogP contribution < -0.4 is 20.9 Å². The first-order valence-corrected chi connectivity index (χ1v) is 11.2. The van der Waals surface area contributed by atoms with Gasteiger partial charge in [-0.05, 0) is 49.1 Å². The van der Waals surface area contributed by atoms with Crippen molar-refractivity contribution < 1.29 is 27.9 Å². The lowest BCUT2D eigenvalue weighted by molar-refractivity contribution is -0.138. The number of carbonyl (C=O) groups is 2. The van der Waals surface area contributed by atoms with Crippen LogP contribution in [0, 0.1) is 6.92 Å². The van der Waals surface area contributed by atoms with Crippen LogP contribution in [-0.2, 0) is 26.0 Å². The molecule has 0 unspecified atom stereocenters. The SMILES string of the molecule is Cc1ccccc1S(=O)(=O)N[C@@H](Cc1ccc(OCCCC(=O)N=C(N)N)cc1)C(=O)O. The molecule has 1 atom stereocenters. The van der Waals surface area contributed by atoms with E-state index in [9.17, 15) is 23.1 Å². The Morgan fingerprint density at radius 1 is 1.12 bits per heavy atom. The highest BCUT2D eigenvalue weighted by Crippen LogP contribution is 2.17. The molecule has 0 bridgehead atoms. The molecule has 0 aliphatic rings. The van der Waals surface area contributed by atoms with Crippen LogP contribution in [0.4, 0.5) is 0 Å². The van der Waals surface area contributed by atoms with E-state index in [1.54, 1.807) is 49.4 Å². The van der Waals surface area contributed by atoms with Crippen molar-refractivity contribution in [1.82, 2.24) is 4.72 Å². The van der Waals surface area contributed by atoms with Gasteiger partial charge < -0.3 is 21.3 Å². The molecule has 0 spiro atoms. The summed E-state index contributed by atoms with van der Waals surface area (Å²) < 4.78 is 33.0. The number of aliphatic imine (C=N–C) groups is 1. The number of guanidine groups is 1. The van der Waals surface area contributed by atoms with Gasteiger partial charge >= 0.3 is 5.97 Å². The monoisotopic (exact) mass is 462 g/mol. The quantitative estimate of drug-likeness (QED) is 0.217. The molecule has 32 heavy (non-hydrogen) atoms. The topological polar surface area (TPSA) is 174 Å². The van der Waals surface area contributed by atoms with Gasteiger partial charge in [-0.3, -0.25) is 9.59 Å². The molecule has 2 aromatic carbocycles. The van der Waals surface area contributed by atoms with Gasteiger partial charge in [-0.1, -0.05) is 30.3 Å². The average Bonchev–Trinajstić information content (AvgIpc) is 2.71. The highest BCUT2D eigenvalue weighted by molar-refractivity contribution is 7.89. The Morgan fingerprint density at radius 2 is 1.78 bits per heavy atom. The maximum absolute atomic E-state index is 12.6. The molecule has 6 N–H and O–H groups in total. The van der Waals surface area contributed by atoms with E-state index < -0.39 is 27.9 Å². The summed E-state index contributed by atoms with van der Waals surface area (Å²) in [4.78, 5) is 26.5. The fourth-order valence-electron chi connectivity index (χ4n) is 2.86. The number of nitrogens with two attached hydrogens (primary N) is 2. The largest absolute Gasteiger partial charge is 0.494 e. The van der Waals surface area contributed by atoms with Gasteiger partial charge in [0, 0.05) is 6.42 Å². The maximum Gasteiger partial charge on any atom is 0.322 e. The summed E-state index contributed by atoms with van der Waals surface area (Å²) in [7, 11) is -4.00. The first-order valence-electron chi connectivity index (χ1n) is 9.73. The second-order valence-electron chi connectivity index (χ2n) is 7.01. The van der Waals surface area contributed by atoms with Crippen molar-refractivity contribution >= 4 is 27.9 Å². The van der Waals surface area contributed by atoms with Crippen LogP contribution in [0.25, 0.3) is 0 Å². The number of aliphatic carboxylic acids is 1. The van der Waals surface area contributed by atoms with E-state index in [1.165, 1.54) is 6.07 Å². The molecule has 172 valence electrons. The lowest BCUT2D eigenvalue weighted by atomic mass is 10.1.